The Kier molecular flexibility index (Phi) is 4.15. The lowest BCUT2D eigenvalue weighted by Crippen LogP contribution is -2.32. The van der Waals surface area contributed by atoms with E-state index in [-0.39, 0.29) is 5.82 Å². The Morgan fingerprint density at radius 3 is 2.47 bits per heavy atom. The Morgan fingerprint density at radius 1 is 1.18 bits per heavy atom. The molecule has 0 amide bonds. The van der Waals surface area contributed by atoms with Crippen LogP contribution in [0.4, 0.5) is 4.39 Å². The van der Waals surface area contributed by atoms with Gasteiger partial charge in [0.15, 0.2) is 0 Å². The maximum absolute atomic E-state index is 12.7. The molecule has 17 heavy (non-hydrogen) atoms. The Labute approximate surface area is 102 Å². The number of ether oxygens (including phenoxy) is 1. The third-order valence-electron chi connectivity index (χ3n) is 2.92. The van der Waals surface area contributed by atoms with Crippen molar-refractivity contribution >= 4 is 0 Å². The second-order valence-electron chi connectivity index (χ2n) is 4.43. The van der Waals surface area contributed by atoms with E-state index in [2.05, 4.69) is 11.5 Å². The third-order valence-corrected chi connectivity index (χ3v) is 2.92. The van der Waals surface area contributed by atoms with Crippen LogP contribution in [0.25, 0.3) is 0 Å². The van der Waals surface area contributed by atoms with Crippen molar-refractivity contribution in [2.45, 2.75) is 19.3 Å². The fourth-order valence-corrected chi connectivity index (χ4v) is 2.07. The first-order chi connectivity index (χ1) is 8.24. The summed E-state index contributed by atoms with van der Waals surface area (Å²) < 4.78 is 18.3. The molecule has 0 atom stereocenters. The van der Waals surface area contributed by atoms with Gasteiger partial charge in [-0.2, -0.15) is 0 Å². The number of rotatable bonds is 4. The van der Waals surface area contributed by atoms with E-state index < -0.39 is 0 Å². The standard InChI is InChI=1S/C14H18FNO/c1-12(11-16-9-3-2-4-10-16)17-14-7-5-13(15)6-8-14/h5-8H,1-4,9-11H2. The zero-order valence-electron chi connectivity index (χ0n) is 9.99. The maximum atomic E-state index is 12.7. The van der Waals surface area contributed by atoms with Gasteiger partial charge in [0.05, 0.1) is 6.54 Å². The van der Waals surface area contributed by atoms with Gasteiger partial charge in [0.1, 0.15) is 17.3 Å². The molecule has 1 fully saturated rings. The highest BCUT2D eigenvalue weighted by Crippen LogP contribution is 2.16. The Morgan fingerprint density at radius 2 is 1.82 bits per heavy atom. The lowest BCUT2D eigenvalue weighted by Gasteiger charge is -2.26. The van der Waals surface area contributed by atoms with Crippen LogP contribution < -0.4 is 4.74 Å². The summed E-state index contributed by atoms with van der Waals surface area (Å²) in [6.45, 7) is 6.90. The van der Waals surface area contributed by atoms with Gasteiger partial charge in [-0.3, -0.25) is 4.90 Å². The molecular formula is C14H18FNO. The number of piperidine rings is 1. The third kappa shape index (κ3) is 3.86. The van der Waals surface area contributed by atoms with Crippen molar-refractivity contribution in [2.75, 3.05) is 19.6 Å². The summed E-state index contributed by atoms with van der Waals surface area (Å²) in [5.74, 6) is 1.12. The first kappa shape index (κ1) is 12.1. The SMILES string of the molecule is C=C(CN1CCCCC1)Oc1ccc(F)cc1. The minimum Gasteiger partial charge on any atom is -0.461 e. The predicted octanol–water partition coefficient (Wildman–Crippen LogP) is 3.20. The lowest BCUT2D eigenvalue weighted by atomic mass is 10.1. The van der Waals surface area contributed by atoms with E-state index >= 15 is 0 Å². The molecule has 1 aliphatic heterocycles. The summed E-state index contributed by atoms with van der Waals surface area (Å²) in [6, 6.07) is 6.03. The summed E-state index contributed by atoms with van der Waals surface area (Å²) in [7, 11) is 0. The first-order valence-electron chi connectivity index (χ1n) is 6.07. The van der Waals surface area contributed by atoms with Gasteiger partial charge in [0.25, 0.3) is 0 Å². The van der Waals surface area contributed by atoms with Crippen molar-refractivity contribution < 1.29 is 9.13 Å². The molecule has 1 aliphatic rings. The second-order valence-corrected chi connectivity index (χ2v) is 4.43. The van der Waals surface area contributed by atoms with Crippen molar-refractivity contribution in [3.8, 4) is 5.75 Å². The summed E-state index contributed by atoms with van der Waals surface area (Å²) in [5.41, 5.74) is 0. The van der Waals surface area contributed by atoms with Crippen LogP contribution in [0.1, 0.15) is 19.3 Å². The minimum absolute atomic E-state index is 0.251. The van der Waals surface area contributed by atoms with E-state index in [0.29, 0.717) is 5.75 Å². The molecular weight excluding hydrogens is 217 g/mol. The van der Waals surface area contributed by atoms with Crippen LogP contribution in [0, 0.1) is 5.82 Å². The van der Waals surface area contributed by atoms with Gasteiger partial charge >= 0.3 is 0 Å². The number of likely N-dealkylation sites (tertiary alicyclic amines) is 1. The minimum atomic E-state index is -0.251. The van der Waals surface area contributed by atoms with Crippen molar-refractivity contribution in [2.24, 2.45) is 0 Å². The Balaban J connectivity index is 1.82. The topological polar surface area (TPSA) is 12.5 Å². The molecule has 0 bridgehead atoms. The van der Waals surface area contributed by atoms with Crippen LogP contribution in [0.3, 0.4) is 0 Å². The zero-order valence-corrected chi connectivity index (χ0v) is 9.99. The van der Waals surface area contributed by atoms with E-state index in [1.165, 1.54) is 31.4 Å². The van der Waals surface area contributed by atoms with Gasteiger partial charge in [-0.25, -0.2) is 4.39 Å². The smallest absolute Gasteiger partial charge is 0.127 e. The molecule has 0 aromatic heterocycles. The predicted molar refractivity (Wildman–Crippen MR) is 66.5 cm³/mol. The van der Waals surface area contributed by atoms with Gasteiger partial charge in [-0.1, -0.05) is 13.0 Å². The molecule has 2 rings (SSSR count). The molecule has 0 spiro atoms. The largest absolute Gasteiger partial charge is 0.461 e. The molecule has 92 valence electrons. The van der Waals surface area contributed by atoms with Crippen molar-refractivity contribution in [1.82, 2.24) is 4.90 Å². The van der Waals surface area contributed by atoms with E-state index in [0.717, 1.165) is 25.4 Å². The monoisotopic (exact) mass is 235 g/mol. The van der Waals surface area contributed by atoms with Crippen LogP contribution in [0.15, 0.2) is 36.6 Å². The summed E-state index contributed by atoms with van der Waals surface area (Å²) >= 11 is 0. The first-order valence-corrected chi connectivity index (χ1v) is 6.07. The summed E-state index contributed by atoms with van der Waals surface area (Å²) in [4.78, 5) is 2.34. The molecule has 0 N–H and O–H groups in total. The zero-order chi connectivity index (χ0) is 12.1. The van der Waals surface area contributed by atoms with Gasteiger partial charge in [0, 0.05) is 0 Å². The van der Waals surface area contributed by atoms with E-state index in [4.69, 9.17) is 4.74 Å². The van der Waals surface area contributed by atoms with Gasteiger partial charge in [-0.15, -0.1) is 0 Å². The number of halogens is 1. The lowest BCUT2D eigenvalue weighted by molar-refractivity contribution is 0.220. The number of benzene rings is 1. The van der Waals surface area contributed by atoms with Crippen LogP contribution in [0.5, 0.6) is 5.75 Å². The summed E-state index contributed by atoms with van der Waals surface area (Å²) in [5, 5.41) is 0. The normalized spacial score (nSPS) is 16.8. The molecule has 1 saturated heterocycles. The van der Waals surface area contributed by atoms with E-state index in [1.807, 2.05) is 0 Å². The van der Waals surface area contributed by atoms with Gasteiger partial charge < -0.3 is 4.74 Å². The quantitative estimate of drug-likeness (QED) is 0.743. The van der Waals surface area contributed by atoms with Crippen LogP contribution in [-0.4, -0.2) is 24.5 Å². The highest BCUT2D eigenvalue weighted by Gasteiger charge is 2.11. The molecule has 2 nitrogen and oxygen atoms in total. The molecule has 0 saturated carbocycles. The molecule has 0 radical (unpaired) electrons. The molecule has 1 aromatic rings. The Hall–Kier alpha value is -1.35. The van der Waals surface area contributed by atoms with Crippen molar-refractivity contribution in [3.05, 3.63) is 42.4 Å². The van der Waals surface area contributed by atoms with Crippen LogP contribution in [0.2, 0.25) is 0 Å². The number of hydrogen-bond donors (Lipinski definition) is 0. The number of hydrogen-bond acceptors (Lipinski definition) is 2. The van der Waals surface area contributed by atoms with Crippen molar-refractivity contribution in [3.63, 3.8) is 0 Å². The van der Waals surface area contributed by atoms with Crippen molar-refractivity contribution in [1.29, 1.82) is 0 Å². The molecule has 3 heteroatoms. The highest BCUT2D eigenvalue weighted by atomic mass is 19.1. The van der Waals surface area contributed by atoms with Crippen LogP contribution >= 0.6 is 0 Å². The van der Waals surface area contributed by atoms with E-state index in [9.17, 15) is 4.39 Å². The average molecular weight is 235 g/mol. The highest BCUT2D eigenvalue weighted by molar-refractivity contribution is 5.24. The molecule has 0 unspecified atom stereocenters. The molecule has 0 aliphatic carbocycles. The Bertz CT molecular complexity index is 368. The molecule has 1 heterocycles. The van der Waals surface area contributed by atoms with Crippen LogP contribution in [-0.2, 0) is 0 Å². The second kappa shape index (κ2) is 5.82. The average Bonchev–Trinajstić information content (AvgIpc) is 2.33. The van der Waals surface area contributed by atoms with Gasteiger partial charge in [-0.05, 0) is 50.2 Å². The summed E-state index contributed by atoms with van der Waals surface area (Å²) in [6.07, 6.45) is 3.83. The fourth-order valence-electron chi connectivity index (χ4n) is 2.07. The van der Waals surface area contributed by atoms with E-state index in [1.54, 1.807) is 12.1 Å². The number of nitrogens with zero attached hydrogens (tertiary/aromatic N) is 1. The fraction of sp³-hybridized carbons (Fsp3) is 0.429. The maximum Gasteiger partial charge on any atom is 0.127 e. The molecule has 1 aromatic carbocycles. The van der Waals surface area contributed by atoms with Gasteiger partial charge in [0.2, 0.25) is 0 Å².